The Labute approximate surface area is 201 Å². The largest absolute Gasteiger partial charge is 0.452 e. The van der Waals surface area contributed by atoms with Gasteiger partial charge in [0.1, 0.15) is 11.7 Å². The number of ether oxygens (including phenoxy) is 2. The van der Waals surface area contributed by atoms with Crippen LogP contribution < -0.4 is 0 Å². The second kappa shape index (κ2) is 9.72. The molecule has 178 valence electrons. The number of benzene rings is 1. The Kier molecular flexibility index (Phi) is 7.37. The Morgan fingerprint density at radius 2 is 1.76 bits per heavy atom. The molecule has 2 atom stereocenters. The van der Waals surface area contributed by atoms with Gasteiger partial charge in [0.05, 0.1) is 10.7 Å². The maximum absolute atomic E-state index is 12.3. The molecular weight excluding hydrogens is 438 g/mol. The summed E-state index contributed by atoms with van der Waals surface area (Å²) >= 11 is 6.66. The Morgan fingerprint density at radius 3 is 2.21 bits per heavy atom. The summed E-state index contributed by atoms with van der Waals surface area (Å²) in [7, 11) is 1.82. The molecule has 0 spiro atoms. The van der Waals surface area contributed by atoms with Gasteiger partial charge in [-0.15, -0.1) is 0 Å². The van der Waals surface area contributed by atoms with Crippen molar-refractivity contribution in [1.82, 2.24) is 9.78 Å². The SMILES string of the molecule is Cc1nn(C)c(/C(OC(C)OC(=O)CC(C)C)=C(/c2ccc(C(C)(C)C)cc2)C2C=N2)c1Cl. The van der Waals surface area contributed by atoms with E-state index in [2.05, 4.69) is 55.1 Å². The smallest absolute Gasteiger partial charge is 0.309 e. The van der Waals surface area contributed by atoms with E-state index in [9.17, 15) is 4.79 Å². The van der Waals surface area contributed by atoms with Crippen LogP contribution in [0.5, 0.6) is 0 Å². The van der Waals surface area contributed by atoms with E-state index in [1.54, 1.807) is 11.6 Å². The van der Waals surface area contributed by atoms with Crippen LogP contribution in [0.3, 0.4) is 0 Å². The average Bonchev–Trinajstić information content (AvgIpc) is 3.47. The zero-order valence-electron chi connectivity index (χ0n) is 20.8. The van der Waals surface area contributed by atoms with Gasteiger partial charge in [-0.2, -0.15) is 5.10 Å². The first-order valence-electron chi connectivity index (χ1n) is 11.3. The van der Waals surface area contributed by atoms with Crippen LogP contribution in [0.1, 0.15) is 70.5 Å². The molecule has 0 saturated heterocycles. The lowest BCUT2D eigenvalue weighted by atomic mass is 9.86. The Morgan fingerprint density at radius 1 is 1.15 bits per heavy atom. The summed E-state index contributed by atoms with van der Waals surface area (Å²) in [5.41, 5.74) is 4.43. The molecule has 1 aromatic heterocycles. The van der Waals surface area contributed by atoms with Gasteiger partial charge in [-0.1, -0.05) is 70.5 Å². The normalized spacial score (nSPS) is 17.1. The Bertz CT molecular complexity index is 1070. The fourth-order valence-corrected chi connectivity index (χ4v) is 3.91. The lowest BCUT2D eigenvalue weighted by Gasteiger charge is -2.23. The third kappa shape index (κ3) is 6.05. The highest BCUT2D eigenvalue weighted by molar-refractivity contribution is 6.33. The molecule has 6 nitrogen and oxygen atoms in total. The van der Waals surface area contributed by atoms with Crippen LogP contribution in [0.15, 0.2) is 29.3 Å². The van der Waals surface area contributed by atoms with Gasteiger partial charge in [-0.05, 0) is 29.4 Å². The monoisotopic (exact) mass is 471 g/mol. The molecule has 7 heteroatoms. The van der Waals surface area contributed by atoms with Gasteiger partial charge in [0.15, 0.2) is 5.76 Å². The third-order valence-electron chi connectivity index (χ3n) is 5.42. The molecule has 0 amide bonds. The molecule has 2 unspecified atom stereocenters. The van der Waals surface area contributed by atoms with Crippen molar-refractivity contribution < 1.29 is 14.3 Å². The van der Waals surface area contributed by atoms with Crippen LogP contribution in [-0.4, -0.2) is 34.3 Å². The van der Waals surface area contributed by atoms with Crippen molar-refractivity contribution in [3.05, 3.63) is 51.8 Å². The minimum atomic E-state index is -0.805. The predicted octanol–water partition coefficient (Wildman–Crippen LogP) is 5.95. The lowest BCUT2D eigenvalue weighted by Crippen LogP contribution is -2.20. The number of hydrogen-bond donors (Lipinski definition) is 0. The van der Waals surface area contributed by atoms with Crippen molar-refractivity contribution in [3.8, 4) is 0 Å². The zero-order chi connectivity index (χ0) is 24.5. The molecule has 0 N–H and O–H groups in total. The van der Waals surface area contributed by atoms with E-state index in [1.165, 1.54) is 5.56 Å². The summed E-state index contributed by atoms with van der Waals surface area (Å²) in [5, 5.41) is 4.96. The van der Waals surface area contributed by atoms with Crippen molar-refractivity contribution in [2.75, 3.05) is 0 Å². The summed E-state index contributed by atoms with van der Waals surface area (Å²) in [5.74, 6) is 0.410. The number of carbonyl (C=O) groups is 1. The molecule has 33 heavy (non-hydrogen) atoms. The first-order valence-corrected chi connectivity index (χ1v) is 11.7. The number of carbonyl (C=O) groups excluding carboxylic acids is 1. The van der Waals surface area contributed by atoms with E-state index < -0.39 is 6.29 Å². The third-order valence-corrected chi connectivity index (χ3v) is 5.87. The summed E-state index contributed by atoms with van der Waals surface area (Å²) in [6.07, 6.45) is 1.38. The van der Waals surface area contributed by atoms with Crippen LogP contribution in [0.2, 0.25) is 5.02 Å². The van der Waals surface area contributed by atoms with Crippen molar-refractivity contribution in [1.29, 1.82) is 0 Å². The summed E-state index contributed by atoms with van der Waals surface area (Å²) in [6.45, 7) is 14.1. The van der Waals surface area contributed by atoms with Crippen molar-refractivity contribution >= 4 is 35.1 Å². The van der Waals surface area contributed by atoms with Crippen LogP contribution in [0.25, 0.3) is 11.3 Å². The topological polar surface area (TPSA) is 65.7 Å². The maximum atomic E-state index is 12.3. The lowest BCUT2D eigenvalue weighted by molar-refractivity contribution is -0.165. The molecule has 1 aliphatic heterocycles. The number of nitrogens with zero attached hydrogens (tertiary/aromatic N) is 3. The molecule has 1 aliphatic rings. The van der Waals surface area contributed by atoms with E-state index >= 15 is 0 Å². The number of aliphatic imine (C=N–C) groups is 1. The van der Waals surface area contributed by atoms with Crippen LogP contribution in [-0.2, 0) is 26.7 Å². The second-order valence-corrected chi connectivity index (χ2v) is 10.3. The van der Waals surface area contributed by atoms with Crippen molar-refractivity contribution in [2.24, 2.45) is 18.0 Å². The van der Waals surface area contributed by atoms with Gasteiger partial charge in [-0.25, -0.2) is 0 Å². The first-order chi connectivity index (χ1) is 15.4. The fourth-order valence-electron chi connectivity index (χ4n) is 3.66. The van der Waals surface area contributed by atoms with Gasteiger partial charge in [0.2, 0.25) is 6.29 Å². The highest BCUT2D eigenvalue weighted by Gasteiger charge is 2.31. The zero-order valence-corrected chi connectivity index (χ0v) is 21.5. The molecule has 0 fully saturated rings. The molecule has 2 heterocycles. The van der Waals surface area contributed by atoms with Gasteiger partial charge < -0.3 is 9.47 Å². The molecule has 3 rings (SSSR count). The Hall–Kier alpha value is -2.60. The van der Waals surface area contributed by atoms with E-state index in [-0.39, 0.29) is 23.3 Å². The molecule has 0 saturated carbocycles. The number of hydrogen-bond acceptors (Lipinski definition) is 5. The fraction of sp³-hybridized carbons (Fsp3) is 0.500. The van der Waals surface area contributed by atoms with Gasteiger partial charge >= 0.3 is 5.97 Å². The average molecular weight is 472 g/mol. The minimum absolute atomic E-state index is 0.0411. The van der Waals surface area contributed by atoms with Crippen molar-refractivity contribution in [3.63, 3.8) is 0 Å². The molecule has 0 bridgehead atoms. The molecule has 1 aromatic carbocycles. The summed E-state index contributed by atoms with van der Waals surface area (Å²) < 4.78 is 13.5. The Balaban J connectivity index is 2.08. The van der Waals surface area contributed by atoms with Gasteiger partial charge in [0, 0.05) is 32.2 Å². The van der Waals surface area contributed by atoms with E-state index in [1.807, 2.05) is 34.0 Å². The van der Waals surface area contributed by atoms with Crippen molar-refractivity contribution in [2.45, 2.75) is 72.6 Å². The number of esters is 1. The standard InChI is InChI=1S/C26H34ClN3O3/c1-15(2)13-21(31)32-17(4)33-25(24-23(27)16(3)29-30(24)8)22(20-14-28-20)18-9-11-19(12-10-18)26(5,6)7/h9-12,14-15,17,20H,13H2,1-8H3/b25-22+. The number of halogens is 1. The first kappa shape index (κ1) is 25.0. The quantitative estimate of drug-likeness (QED) is 0.271. The number of aryl methyl sites for hydroxylation is 2. The molecule has 0 radical (unpaired) electrons. The van der Waals surface area contributed by atoms with E-state index in [0.717, 1.165) is 11.1 Å². The van der Waals surface area contributed by atoms with Gasteiger partial charge in [0.25, 0.3) is 0 Å². The predicted molar refractivity (Wildman–Crippen MR) is 133 cm³/mol. The van der Waals surface area contributed by atoms with E-state index in [4.69, 9.17) is 21.1 Å². The van der Waals surface area contributed by atoms with Crippen LogP contribution in [0, 0.1) is 12.8 Å². The molecule has 2 aromatic rings. The molecule has 0 aliphatic carbocycles. The minimum Gasteiger partial charge on any atom is -0.452 e. The molecular formula is C26H34ClN3O3. The number of rotatable bonds is 8. The number of aromatic nitrogens is 2. The summed E-state index contributed by atoms with van der Waals surface area (Å²) in [4.78, 5) is 16.7. The maximum Gasteiger partial charge on any atom is 0.309 e. The van der Waals surface area contributed by atoms with Crippen LogP contribution in [0.4, 0.5) is 0 Å². The second-order valence-electron chi connectivity index (χ2n) is 9.96. The van der Waals surface area contributed by atoms with Crippen LogP contribution >= 0.6 is 11.6 Å². The highest BCUT2D eigenvalue weighted by Crippen LogP contribution is 2.39. The highest BCUT2D eigenvalue weighted by atomic mass is 35.5. The van der Waals surface area contributed by atoms with E-state index in [0.29, 0.717) is 28.6 Å². The van der Waals surface area contributed by atoms with Gasteiger partial charge in [-0.3, -0.25) is 14.5 Å². The summed E-state index contributed by atoms with van der Waals surface area (Å²) in [6, 6.07) is 8.26.